The number of hydrogen-bond donors (Lipinski definition) is 2. The predicted octanol–water partition coefficient (Wildman–Crippen LogP) is 4.06. The van der Waals surface area contributed by atoms with Gasteiger partial charge in [0.2, 0.25) is 0 Å². The minimum absolute atomic E-state index is 0.854. The van der Waals surface area contributed by atoms with Gasteiger partial charge in [0.1, 0.15) is 17.8 Å². The van der Waals surface area contributed by atoms with Gasteiger partial charge in [0.05, 0.1) is 17.4 Å². The zero-order valence-corrected chi connectivity index (χ0v) is 18.4. The molecule has 0 radical (unpaired) electrons. The summed E-state index contributed by atoms with van der Waals surface area (Å²) in [7, 11) is 2.16. The molecule has 0 saturated carbocycles. The highest BCUT2D eigenvalue weighted by molar-refractivity contribution is 5.97. The van der Waals surface area contributed by atoms with Crippen LogP contribution in [0.5, 0.6) is 0 Å². The van der Waals surface area contributed by atoms with Crippen molar-refractivity contribution >= 4 is 39.1 Å². The summed E-state index contributed by atoms with van der Waals surface area (Å²) in [5, 5.41) is 5.58. The minimum atomic E-state index is 0.854. The first-order chi connectivity index (χ1) is 16.2. The average Bonchev–Trinajstić information content (AvgIpc) is 3.28. The molecule has 0 atom stereocenters. The average molecular weight is 437 g/mol. The maximum Gasteiger partial charge on any atom is 0.138 e. The Bertz CT molecular complexity index is 1440. The summed E-state index contributed by atoms with van der Waals surface area (Å²) in [6.45, 7) is 4.09. The second-order valence-electron chi connectivity index (χ2n) is 8.44. The SMILES string of the molecule is CN1CCN(c2cc(Nc3cnc4[nH]cc(-c5ccc6ncncc6c5)c4c3)ccn2)CC1. The Labute approximate surface area is 191 Å². The number of nitrogens with one attached hydrogen (secondary N) is 2. The van der Waals surface area contributed by atoms with E-state index < -0.39 is 0 Å². The number of piperazine rings is 1. The smallest absolute Gasteiger partial charge is 0.138 e. The molecule has 4 aromatic heterocycles. The third-order valence-corrected chi connectivity index (χ3v) is 6.21. The lowest BCUT2D eigenvalue weighted by Gasteiger charge is -2.33. The fourth-order valence-corrected chi connectivity index (χ4v) is 4.33. The van der Waals surface area contributed by atoms with Crippen molar-refractivity contribution in [2.45, 2.75) is 0 Å². The van der Waals surface area contributed by atoms with Crippen LogP contribution >= 0.6 is 0 Å². The number of fused-ring (bicyclic) bond motifs is 2. The maximum absolute atomic E-state index is 4.63. The largest absolute Gasteiger partial charge is 0.354 e. The molecule has 1 fully saturated rings. The van der Waals surface area contributed by atoms with Crippen LogP contribution in [0.2, 0.25) is 0 Å². The first-order valence-electron chi connectivity index (χ1n) is 11.1. The van der Waals surface area contributed by atoms with Crippen molar-refractivity contribution in [3.8, 4) is 11.1 Å². The molecule has 0 bridgehead atoms. The van der Waals surface area contributed by atoms with Gasteiger partial charge in [-0.2, -0.15) is 0 Å². The number of anilines is 3. The van der Waals surface area contributed by atoms with Crippen LogP contribution in [0.4, 0.5) is 17.2 Å². The second-order valence-corrected chi connectivity index (χ2v) is 8.44. The highest BCUT2D eigenvalue weighted by Gasteiger charge is 2.16. The fraction of sp³-hybridized carbons (Fsp3) is 0.200. The minimum Gasteiger partial charge on any atom is -0.354 e. The van der Waals surface area contributed by atoms with E-state index in [2.05, 4.69) is 71.3 Å². The Morgan fingerprint density at radius 2 is 1.82 bits per heavy atom. The van der Waals surface area contributed by atoms with Crippen LogP contribution < -0.4 is 10.2 Å². The van der Waals surface area contributed by atoms with E-state index in [9.17, 15) is 0 Å². The summed E-state index contributed by atoms with van der Waals surface area (Å²) >= 11 is 0. The van der Waals surface area contributed by atoms with E-state index in [4.69, 9.17) is 0 Å². The Morgan fingerprint density at radius 3 is 2.73 bits per heavy atom. The number of benzene rings is 1. The van der Waals surface area contributed by atoms with Crippen molar-refractivity contribution in [3.05, 3.63) is 67.5 Å². The number of likely N-dealkylation sites (N-methyl/N-ethyl adjacent to an activating group) is 1. The summed E-state index contributed by atoms with van der Waals surface area (Å²) in [5.41, 5.74) is 5.92. The number of aromatic nitrogens is 5. The van der Waals surface area contributed by atoms with Gasteiger partial charge in [0.25, 0.3) is 0 Å². The summed E-state index contributed by atoms with van der Waals surface area (Å²) in [6.07, 6.45) is 9.13. The van der Waals surface area contributed by atoms with Crippen molar-refractivity contribution in [1.29, 1.82) is 0 Å². The van der Waals surface area contributed by atoms with Crippen molar-refractivity contribution in [1.82, 2.24) is 29.8 Å². The van der Waals surface area contributed by atoms with Crippen LogP contribution in [0.3, 0.4) is 0 Å². The Balaban J connectivity index is 1.30. The molecular weight excluding hydrogens is 412 g/mol. The van der Waals surface area contributed by atoms with Crippen LogP contribution in [-0.4, -0.2) is 63.0 Å². The molecule has 164 valence electrons. The Kier molecular flexibility index (Phi) is 4.84. The molecule has 5 aromatic rings. The third-order valence-electron chi connectivity index (χ3n) is 6.21. The zero-order valence-electron chi connectivity index (χ0n) is 18.4. The lowest BCUT2D eigenvalue weighted by molar-refractivity contribution is 0.312. The topological polar surface area (TPSA) is 85.9 Å². The lowest BCUT2D eigenvalue weighted by atomic mass is 10.0. The van der Waals surface area contributed by atoms with E-state index in [1.54, 1.807) is 6.33 Å². The number of rotatable bonds is 4. The van der Waals surface area contributed by atoms with Crippen LogP contribution in [0, 0.1) is 0 Å². The van der Waals surface area contributed by atoms with E-state index in [0.717, 1.165) is 76.4 Å². The van der Waals surface area contributed by atoms with Gasteiger partial charge < -0.3 is 20.1 Å². The van der Waals surface area contributed by atoms with Crippen LogP contribution in [0.1, 0.15) is 0 Å². The molecule has 1 aliphatic heterocycles. The van der Waals surface area contributed by atoms with Gasteiger partial charge >= 0.3 is 0 Å². The highest BCUT2D eigenvalue weighted by atomic mass is 15.3. The standard InChI is InChI=1S/C25H24N8/c1-32-6-8-33(9-7-32)24-12-19(4-5-27-24)31-20-11-21-22(15-29-25(21)28-14-20)17-2-3-23-18(10-17)13-26-16-30-23/h2-5,10-16H,6-9H2,1H3,(H,27,31)(H,28,29). The second kappa shape index (κ2) is 8.14. The summed E-state index contributed by atoms with van der Waals surface area (Å²) in [6, 6.07) is 12.5. The molecule has 1 aliphatic rings. The van der Waals surface area contributed by atoms with Gasteiger partial charge in [0.15, 0.2) is 0 Å². The van der Waals surface area contributed by atoms with Gasteiger partial charge in [-0.05, 0) is 36.9 Å². The lowest BCUT2D eigenvalue weighted by Crippen LogP contribution is -2.44. The van der Waals surface area contributed by atoms with Gasteiger partial charge in [-0.3, -0.25) is 0 Å². The predicted molar refractivity (Wildman–Crippen MR) is 132 cm³/mol. The first-order valence-corrected chi connectivity index (χ1v) is 11.1. The third kappa shape index (κ3) is 3.85. The molecule has 8 nitrogen and oxygen atoms in total. The molecule has 6 rings (SSSR count). The summed E-state index contributed by atoms with van der Waals surface area (Å²) < 4.78 is 0. The fourth-order valence-electron chi connectivity index (χ4n) is 4.33. The monoisotopic (exact) mass is 436 g/mol. The van der Waals surface area contributed by atoms with Gasteiger partial charge in [-0.1, -0.05) is 6.07 Å². The van der Waals surface area contributed by atoms with Crippen molar-refractivity contribution in [3.63, 3.8) is 0 Å². The highest BCUT2D eigenvalue weighted by Crippen LogP contribution is 2.32. The van der Waals surface area contributed by atoms with Crippen molar-refractivity contribution in [2.24, 2.45) is 0 Å². The molecule has 33 heavy (non-hydrogen) atoms. The molecule has 1 saturated heterocycles. The number of aromatic amines is 1. The molecule has 2 N–H and O–H groups in total. The molecular formula is C25H24N8. The van der Waals surface area contributed by atoms with Crippen LogP contribution in [0.15, 0.2) is 67.5 Å². The van der Waals surface area contributed by atoms with Crippen molar-refractivity contribution in [2.75, 3.05) is 43.4 Å². The molecule has 0 spiro atoms. The van der Waals surface area contributed by atoms with Crippen LogP contribution in [0.25, 0.3) is 33.1 Å². The van der Waals surface area contributed by atoms with E-state index in [1.165, 1.54) is 0 Å². The molecule has 1 aromatic carbocycles. The normalized spacial score (nSPS) is 14.8. The Hall–Kier alpha value is -4.04. The molecule has 0 aliphatic carbocycles. The molecule has 0 unspecified atom stereocenters. The van der Waals surface area contributed by atoms with Crippen LogP contribution in [-0.2, 0) is 0 Å². The maximum atomic E-state index is 4.63. The number of H-pyrrole nitrogens is 1. The molecule has 5 heterocycles. The summed E-state index contributed by atoms with van der Waals surface area (Å²) in [4.78, 5) is 25.7. The van der Waals surface area contributed by atoms with E-state index in [1.807, 2.05) is 36.9 Å². The van der Waals surface area contributed by atoms with E-state index in [0.29, 0.717) is 0 Å². The van der Waals surface area contributed by atoms with Crippen molar-refractivity contribution < 1.29 is 0 Å². The first kappa shape index (κ1) is 19.6. The van der Waals surface area contributed by atoms with E-state index >= 15 is 0 Å². The van der Waals surface area contributed by atoms with Gasteiger partial charge in [-0.15, -0.1) is 0 Å². The van der Waals surface area contributed by atoms with Gasteiger partial charge in [-0.25, -0.2) is 19.9 Å². The quantitative estimate of drug-likeness (QED) is 0.439. The zero-order chi connectivity index (χ0) is 22.2. The van der Waals surface area contributed by atoms with Gasteiger partial charge in [0, 0.05) is 72.9 Å². The van der Waals surface area contributed by atoms with E-state index in [-0.39, 0.29) is 0 Å². The number of hydrogen-bond acceptors (Lipinski definition) is 7. The molecule has 0 amide bonds. The number of nitrogens with zero attached hydrogens (tertiary/aromatic N) is 6. The summed E-state index contributed by atoms with van der Waals surface area (Å²) in [5.74, 6) is 1.00. The number of pyridine rings is 2. The Morgan fingerprint density at radius 1 is 0.909 bits per heavy atom. The molecule has 8 heteroatoms.